The fourth-order valence-corrected chi connectivity index (χ4v) is 4.58. The smallest absolute Gasteiger partial charge is 0.208 e. The molecule has 1 N–H and O–H groups in total. The first-order valence-electron chi connectivity index (χ1n) is 9.79. The second-order valence-electron chi connectivity index (χ2n) is 7.88. The van der Waals surface area contributed by atoms with Gasteiger partial charge in [-0.2, -0.15) is 5.10 Å². The highest BCUT2D eigenvalue weighted by Gasteiger charge is 2.52. The summed E-state index contributed by atoms with van der Waals surface area (Å²) in [5.41, 5.74) is 3.24. The van der Waals surface area contributed by atoms with Crippen molar-refractivity contribution in [3.8, 4) is 11.5 Å². The van der Waals surface area contributed by atoms with Crippen LogP contribution in [0.25, 0.3) is 0 Å². The predicted octanol–water partition coefficient (Wildman–Crippen LogP) is 2.24. The Bertz CT molecular complexity index is 869. The molecule has 2 aromatic rings. The van der Waals surface area contributed by atoms with E-state index >= 15 is 0 Å². The molecule has 3 heterocycles. The average Bonchev–Trinajstić information content (AvgIpc) is 3.17. The molecule has 3 aliphatic rings. The lowest BCUT2D eigenvalue weighted by atomic mass is 9.91. The molecule has 0 saturated carbocycles. The molecule has 140 valence electrons. The lowest BCUT2D eigenvalue weighted by Gasteiger charge is -2.49. The highest BCUT2D eigenvalue weighted by Crippen LogP contribution is 2.49. The third-order valence-electron chi connectivity index (χ3n) is 6.21. The van der Waals surface area contributed by atoms with Crippen molar-refractivity contribution in [2.45, 2.75) is 31.0 Å². The summed E-state index contributed by atoms with van der Waals surface area (Å²) in [6.45, 7) is 2.22. The van der Waals surface area contributed by atoms with Gasteiger partial charge in [0.2, 0.25) is 5.72 Å². The molecule has 5 heteroatoms. The number of rotatable bonds is 2. The number of hydrazone groups is 1. The maximum atomic E-state index is 6.63. The fourth-order valence-electron chi connectivity index (χ4n) is 4.58. The molecule has 0 unspecified atom stereocenters. The van der Waals surface area contributed by atoms with E-state index in [2.05, 4.69) is 48.5 Å². The number of fused-ring (bicyclic) bond motifs is 4. The maximum absolute atomic E-state index is 6.63. The Morgan fingerprint density at radius 3 is 2.59 bits per heavy atom. The van der Waals surface area contributed by atoms with Crippen molar-refractivity contribution in [3.05, 3.63) is 59.7 Å². The predicted molar refractivity (Wildman–Crippen MR) is 104 cm³/mol. The first-order valence-corrected chi connectivity index (χ1v) is 9.79. The van der Waals surface area contributed by atoms with Crippen molar-refractivity contribution in [2.75, 3.05) is 27.2 Å². The number of likely N-dealkylation sites (tertiary alicyclic amines) is 1. The van der Waals surface area contributed by atoms with Crippen LogP contribution < -0.4 is 14.4 Å². The van der Waals surface area contributed by atoms with Crippen molar-refractivity contribution in [2.24, 2.45) is 5.10 Å². The minimum atomic E-state index is -0.313. The van der Waals surface area contributed by atoms with Gasteiger partial charge < -0.3 is 14.4 Å². The van der Waals surface area contributed by atoms with Crippen LogP contribution in [0.5, 0.6) is 11.5 Å². The van der Waals surface area contributed by atoms with Crippen molar-refractivity contribution < 1.29 is 14.4 Å². The molecule has 1 fully saturated rings. The maximum Gasteiger partial charge on any atom is 0.208 e. The largest absolute Gasteiger partial charge is 0.497 e. The SMILES string of the molecule is COc1ccc(C2=NN3[C@H](C2)c2ccccc2OC32CC[NH+](C)CC2)cc1. The Hall–Kier alpha value is -2.53. The third kappa shape index (κ3) is 2.69. The molecule has 5 rings (SSSR count). The van der Waals surface area contributed by atoms with Gasteiger partial charge in [0, 0.05) is 12.0 Å². The zero-order chi connectivity index (χ0) is 18.4. The molecule has 0 bridgehead atoms. The molecule has 1 atom stereocenters. The number of quaternary nitrogens is 1. The van der Waals surface area contributed by atoms with Gasteiger partial charge >= 0.3 is 0 Å². The van der Waals surface area contributed by atoms with Crippen LogP contribution in [0.15, 0.2) is 53.6 Å². The first-order chi connectivity index (χ1) is 13.2. The Balaban J connectivity index is 1.54. The minimum Gasteiger partial charge on any atom is -0.497 e. The second-order valence-corrected chi connectivity index (χ2v) is 7.88. The number of hydrogen-bond donors (Lipinski definition) is 1. The molecule has 1 saturated heterocycles. The van der Waals surface area contributed by atoms with Gasteiger partial charge in [-0.25, -0.2) is 5.01 Å². The van der Waals surface area contributed by atoms with E-state index in [1.165, 1.54) is 5.56 Å². The second kappa shape index (κ2) is 6.27. The highest BCUT2D eigenvalue weighted by atomic mass is 16.5. The number of methoxy groups -OCH3 is 1. The number of piperidine rings is 1. The van der Waals surface area contributed by atoms with Gasteiger partial charge in [0.25, 0.3) is 0 Å². The number of para-hydroxylation sites is 1. The van der Waals surface area contributed by atoms with Crippen LogP contribution in [0.1, 0.15) is 36.4 Å². The average molecular weight is 364 g/mol. The number of nitrogens with zero attached hydrogens (tertiary/aromatic N) is 2. The van der Waals surface area contributed by atoms with E-state index in [0.717, 1.165) is 55.1 Å². The number of ether oxygens (including phenoxy) is 2. The zero-order valence-electron chi connectivity index (χ0n) is 15.9. The van der Waals surface area contributed by atoms with Gasteiger partial charge in [0.15, 0.2) is 0 Å². The molecule has 27 heavy (non-hydrogen) atoms. The molecule has 3 aliphatic heterocycles. The summed E-state index contributed by atoms with van der Waals surface area (Å²) >= 11 is 0. The van der Waals surface area contributed by atoms with Gasteiger partial charge in [0.05, 0.1) is 51.8 Å². The van der Waals surface area contributed by atoms with Gasteiger partial charge in [-0.15, -0.1) is 0 Å². The van der Waals surface area contributed by atoms with E-state index in [1.807, 2.05) is 12.1 Å². The fraction of sp³-hybridized carbons (Fsp3) is 0.409. The lowest BCUT2D eigenvalue weighted by molar-refractivity contribution is -0.888. The normalized spacial score (nSPS) is 29.0. The number of hydrogen-bond acceptors (Lipinski definition) is 4. The Morgan fingerprint density at radius 2 is 1.85 bits per heavy atom. The van der Waals surface area contributed by atoms with E-state index < -0.39 is 0 Å². The minimum absolute atomic E-state index is 0.255. The molecule has 1 spiro atoms. The Morgan fingerprint density at radius 1 is 1.11 bits per heavy atom. The van der Waals surface area contributed by atoms with Crippen LogP contribution in [0.3, 0.4) is 0 Å². The summed E-state index contributed by atoms with van der Waals surface area (Å²) in [6, 6.07) is 17.0. The van der Waals surface area contributed by atoms with Crippen LogP contribution in [0.4, 0.5) is 0 Å². The summed E-state index contributed by atoms with van der Waals surface area (Å²) in [5, 5.41) is 7.39. The summed E-state index contributed by atoms with van der Waals surface area (Å²) in [4.78, 5) is 1.57. The van der Waals surface area contributed by atoms with E-state index in [-0.39, 0.29) is 11.8 Å². The summed E-state index contributed by atoms with van der Waals surface area (Å²) < 4.78 is 11.9. The lowest BCUT2D eigenvalue weighted by Crippen LogP contribution is -3.11. The molecule has 0 aliphatic carbocycles. The molecule has 0 radical (unpaired) electrons. The highest BCUT2D eigenvalue weighted by molar-refractivity contribution is 6.02. The molecule has 0 amide bonds. The monoisotopic (exact) mass is 364 g/mol. The number of nitrogens with one attached hydrogen (secondary N) is 1. The molecule has 2 aromatic carbocycles. The van der Waals surface area contributed by atoms with Crippen LogP contribution in [-0.2, 0) is 0 Å². The molecular weight excluding hydrogens is 338 g/mol. The number of benzene rings is 2. The quantitative estimate of drug-likeness (QED) is 0.888. The van der Waals surface area contributed by atoms with Crippen molar-refractivity contribution in [1.29, 1.82) is 0 Å². The van der Waals surface area contributed by atoms with Crippen LogP contribution in [0, 0.1) is 0 Å². The topological polar surface area (TPSA) is 38.5 Å². The van der Waals surface area contributed by atoms with Gasteiger partial charge in [-0.05, 0) is 35.9 Å². The molecule has 0 aromatic heterocycles. The summed E-state index contributed by atoms with van der Waals surface area (Å²) in [6.07, 6.45) is 2.92. The zero-order valence-corrected chi connectivity index (χ0v) is 15.9. The Kier molecular flexibility index (Phi) is 3.86. The van der Waals surface area contributed by atoms with Crippen LogP contribution >= 0.6 is 0 Å². The summed E-state index contributed by atoms with van der Waals surface area (Å²) in [5.74, 6) is 1.91. The molecule has 5 nitrogen and oxygen atoms in total. The van der Waals surface area contributed by atoms with E-state index in [4.69, 9.17) is 14.6 Å². The van der Waals surface area contributed by atoms with Gasteiger partial charge in [-0.3, -0.25) is 0 Å². The molecular formula is C22H26N3O2+. The van der Waals surface area contributed by atoms with E-state index in [9.17, 15) is 0 Å². The first kappa shape index (κ1) is 16.6. The standard InChI is InChI=1S/C22H25N3O2/c1-24-13-11-22(12-14-24)25-20(18-5-3-4-6-21(18)27-22)15-19(23-25)16-7-9-17(26-2)10-8-16/h3-10,20H,11-15H2,1-2H3/p+1/t20-/m1/s1. The van der Waals surface area contributed by atoms with Crippen molar-refractivity contribution >= 4 is 5.71 Å². The van der Waals surface area contributed by atoms with Crippen LogP contribution in [0.2, 0.25) is 0 Å². The van der Waals surface area contributed by atoms with Crippen molar-refractivity contribution in [3.63, 3.8) is 0 Å². The van der Waals surface area contributed by atoms with E-state index in [0.29, 0.717) is 0 Å². The third-order valence-corrected chi connectivity index (χ3v) is 6.21. The van der Waals surface area contributed by atoms with Gasteiger partial charge in [-0.1, -0.05) is 18.2 Å². The Labute approximate surface area is 160 Å². The van der Waals surface area contributed by atoms with Gasteiger partial charge in [0.1, 0.15) is 11.5 Å². The summed E-state index contributed by atoms with van der Waals surface area (Å²) in [7, 11) is 3.96. The van der Waals surface area contributed by atoms with E-state index in [1.54, 1.807) is 12.0 Å². The van der Waals surface area contributed by atoms with Crippen LogP contribution in [-0.4, -0.2) is 43.7 Å². The van der Waals surface area contributed by atoms with Crippen molar-refractivity contribution in [1.82, 2.24) is 5.01 Å².